The van der Waals surface area contributed by atoms with Crippen molar-refractivity contribution in [3.63, 3.8) is 0 Å². The molecule has 0 spiro atoms. The maximum atomic E-state index is 10.7. The van der Waals surface area contributed by atoms with Crippen LogP contribution in [-0.2, 0) is 0 Å². The van der Waals surface area contributed by atoms with E-state index in [4.69, 9.17) is 0 Å². The van der Waals surface area contributed by atoms with Crippen LogP contribution in [0.4, 0.5) is 5.00 Å². The van der Waals surface area contributed by atoms with Crippen molar-refractivity contribution in [1.82, 2.24) is 4.90 Å². The predicted octanol–water partition coefficient (Wildman–Crippen LogP) is 2.24. The van der Waals surface area contributed by atoms with Gasteiger partial charge in [-0.1, -0.05) is 0 Å². The highest BCUT2D eigenvalue weighted by atomic mass is 32.1. The predicted molar refractivity (Wildman–Crippen MR) is 71.1 cm³/mol. The quantitative estimate of drug-likeness (QED) is 0.752. The van der Waals surface area contributed by atoms with Crippen LogP contribution in [-0.4, -0.2) is 43.4 Å². The highest BCUT2D eigenvalue weighted by molar-refractivity contribution is 7.17. The Labute approximate surface area is 106 Å². The lowest BCUT2D eigenvalue weighted by atomic mass is 10.2. The van der Waals surface area contributed by atoms with Gasteiger partial charge in [-0.15, -0.1) is 11.3 Å². The van der Waals surface area contributed by atoms with Crippen molar-refractivity contribution in [3.8, 4) is 0 Å². The Hall–Kier alpha value is -0.870. The van der Waals surface area contributed by atoms with Gasteiger partial charge >= 0.3 is 0 Å². The number of nitrogens with zero attached hydrogens (tertiary/aromatic N) is 2. The largest absolute Gasteiger partial charge is 0.362 e. The van der Waals surface area contributed by atoms with Crippen molar-refractivity contribution in [2.45, 2.75) is 25.3 Å². The first-order valence-electron chi connectivity index (χ1n) is 6.41. The van der Waals surface area contributed by atoms with Crippen LogP contribution in [0, 0.1) is 0 Å². The van der Waals surface area contributed by atoms with E-state index < -0.39 is 0 Å². The lowest BCUT2D eigenvalue weighted by Crippen LogP contribution is -2.36. The van der Waals surface area contributed by atoms with Gasteiger partial charge in [0.25, 0.3) is 0 Å². The van der Waals surface area contributed by atoms with Gasteiger partial charge in [-0.25, -0.2) is 0 Å². The van der Waals surface area contributed by atoms with E-state index in [0.717, 1.165) is 30.3 Å². The molecule has 2 fully saturated rings. The van der Waals surface area contributed by atoms with Crippen molar-refractivity contribution >= 4 is 22.6 Å². The Bertz CT molecular complexity index is 404. The third-order valence-corrected chi connectivity index (χ3v) is 4.92. The third-order valence-electron chi connectivity index (χ3n) is 3.84. The van der Waals surface area contributed by atoms with Gasteiger partial charge in [-0.2, -0.15) is 0 Å². The van der Waals surface area contributed by atoms with Crippen LogP contribution in [0.1, 0.15) is 28.9 Å². The molecule has 2 saturated heterocycles. The minimum Gasteiger partial charge on any atom is -0.362 e. The van der Waals surface area contributed by atoms with Crippen LogP contribution in [0.25, 0.3) is 0 Å². The van der Waals surface area contributed by atoms with Crippen molar-refractivity contribution in [2.24, 2.45) is 0 Å². The highest BCUT2D eigenvalue weighted by Gasteiger charge is 2.29. The molecule has 3 rings (SSSR count). The number of thiophene rings is 1. The van der Waals surface area contributed by atoms with E-state index in [1.54, 1.807) is 11.3 Å². The molecule has 1 unspecified atom stereocenters. The zero-order valence-corrected chi connectivity index (χ0v) is 10.8. The maximum absolute atomic E-state index is 10.7. The summed E-state index contributed by atoms with van der Waals surface area (Å²) in [5, 5.41) is 1.26. The highest BCUT2D eigenvalue weighted by Crippen LogP contribution is 2.29. The van der Waals surface area contributed by atoms with Crippen LogP contribution in [0.3, 0.4) is 0 Å². The van der Waals surface area contributed by atoms with Crippen molar-refractivity contribution in [1.29, 1.82) is 0 Å². The molecule has 1 aromatic heterocycles. The Morgan fingerprint density at radius 1 is 1.24 bits per heavy atom. The molecule has 4 heteroatoms. The Morgan fingerprint density at radius 3 is 2.94 bits per heavy atom. The van der Waals surface area contributed by atoms with Crippen LogP contribution in [0.2, 0.25) is 0 Å². The molecular weight excluding hydrogens is 232 g/mol. The van der Waals surface area contributed by atoms with E-state index in [1.165, 1.54) is 37.4 Å². The molecule has 0 N–H and O–H groups in total. The summed E-state index contributed by atoms with van der Waals surface area (Å²) in [5.74, 6) is 0. The molecule has 1 atom stereocenters. The van der Waals surface area contributed by atoms with Gasteiger partial charge < -0.3 is 4.90 Å². The fourth-order valence-corrected chi connectivity index (χ4v) is 3.84. The molecule has 0 amide bonds. The Kier molecular flexibility index (Phi) is 3.16. The van der Waals surface area contributed by atoms with E-state index >= 15 is 0 Å². The van der Waals surface area contributed by atoms with Gasteiger partial charge in [-0.05, 0) is 37.9 Å². The summed E-state index contributed by atoms with van der Waals surface area (Å²) >= 11 is 1.62. The summed E-state index contributed by atoms with van der Waals surface area (Å²) in [6, 6.07) is 4.77. The summed E-state index contributed by atoms with van der Waals surface area (Å²) in [6.07, 6.45) is 4.88. The molecule has 3 heterocycles. The first-order chi connectivity index (χ1) is 8.36. The van der Waals surface area contributed by atoms with Gasteiger partial charge in [0.05, 0.1) is 9.88 Å². The van der Waals surface area contributed by atoms with Gasteiger partial charge in [0.2, 0.25) is 0 Å². The topological polar surface area (TPSA) is 23.6 Å². The zero-order chi connectivity index (χ0) is 11.7. The zero-order valence-electron chi connectivity index (χ0n) is 9.97. The summed E-state index contributed by atoms with van der Waals surface area (Å²) in [5.41, 5.74) is 0. The second-order valence-electron chi connectivity index (χ2n) is 4.93. The van der Waals surface area contributed by atoms with Crippen molar-refractivity contribution in [2.75, 3.05) is 31.1 Å². The number of aldehydes is 1. The van der Waals surface area contributed by atoms with E-state index in [9.17, 15) is 4.79 Å². The van der Waals surface area contributed by atoms with Gasteiger partial charge in [0.1, 0.15) is 0 Å². The number of carbonyl (C=O) groups is 1. The number of hydrogen-bond acceptors (Lipinski definition) is 4. The minimum atomic E-state index is 0.735. The third kappa shape index (κ3) is 2.24. The van der Waals surface area contributed by atoms with E-state index in [1.807, 2.05) is 6.07 Å². The molecular formula is C13H18N2OS. The standard InChI is InChI=1S/C13H18N2OS/c16-10-12-4-5-13(17-12)15-8-2-7-14-6-1-3-11(14)9-15/h4-5,10-11H,1-3,6-9H2. The number of anilines is 1. The second kappa shape index (κ2) is 4.78. The Morgan fingerprint density at radius 2 is 2.12 bits per heavy atom. The molecule has 0 bridgehead atoms. The summed E-state index contributed by atoms with van der Waals surface area (Å²) in [4.78, 5) is 16.7. The van der Waals surface area contributed by atoms with Crippen molar-refractivity contribution < 1.29 is 4.79 Å². The molecule has 0 aromatic carbocycles. The van der Waals surface area contributed by atoms with Gasteiger partial charge in [0, 0.05) is 25.7 Å². The number of rotatable bonds is 2. The Balaban J connectivity index is 1.76. The minimum absolute atomic E-state index is 0.735. The molecule has 1 aromatic rings. The van der Waals surface area contributed by atoms with Crippen molar-refractivity contribution in [3.05, 3.63) is 17.0 Å². The first-order valence-corrected chi connectivity index (χ1v) is 7.22. The number of hydrogen-bond donors (Lipinski definition) is 0. The average molecular weight is 250 g/mol. The monoisotopic (exact) mass is 250 g/mol. The lowest BCUT2D eigenvalue weighted by molar-refractivity contribution is 0.112. The molecule has 2 aliphatic heterocycles. The molecule has 3 nitrogen and oxygen atoms in total. The molecule has 17 heavy (non-hydrogen) atoms. The normalized spacial score (nSPS) is 25.6. The molecule has 0 saturated carbocycles. The number of fused-ring (bicyclic) bond motifs is 1. The van der Waals surface area contributed by atoms with Crippen LogP contribution >= 0.6 is 11.3 Å². The number of carbonyl (C=O) groups excluding carboxylic acids is 1. The van der Waals surface area contributed by atoms with E-state index in [-0.39, 0.29) is 0 Å². The van der Waals surface area contributed by atoms with Crippen LogP contribution in [0.15, 0.2) is 12.1 Å². The molecule has 2 aliphatic rings. The van der Waals surface area contributed by atoms with Crippen LogP contribution < -0.4 is 4.90 Å². The summed E-state index contributed by atoms with van der Waals surface area (Å²) in [7, 11) is 0. The van der Waals surface area contributed by atoms with Gasteiger partial charge in [0.15, 0.2) is 6.29 Å². The maximum Gasteiger partial charge on any atom is 0.160 e. The smallest absolute Gasteiger partial charge is 0.160 e. The first kappa shape index (κ1) is 11.2. The fourth-order valence-electron chi connectivity index (χ4n) is 2.98. The SMILES string of the molecule is O=Cc1ccc(N2CCCN3CCCC3C2)s1. The molecule has 92 valence electrons. The summed E-state index contributed by atoms with van der Waals surface area (Å²) in [6.45, 7) is 4.79. The molecule has 0 aliphatic carbocycles. The fraction of sp³-hybridized carbons (Fsp3) is 0.615. The second-order valence-corrected chi connectivity index (χ2v) is 6.02. The molecule has 0 radical (unpaired) electrons. The van der Waals surface area contributed by atoms with Gasteiger partial charge in [-0.3, -0.25) is 9.69 Å². The van der Waals surface area contributed by atoms with Crippen LogP contribution in [0.5, 0.6) is 0 Å². The van der Waals surface area contributed by atoms with E-state index in [0.29, 0.717) is 0 Å². The lowest BCUT2D eigenvalue weighted by Gasteiger charge is -2.25. The van der Waals surface area contributed by atoms with E-state index in [2.05, 4.69) is 15.9 Å². The summed E-state index contributed by atoms with van der Waals surface area (Å²) < 4.78 is 0. The average Bonchev–Trinajstić information content (AvgIpc) is 2.94.